The monoisotopic (exact) mass is 267 g/mol. The van der Waals surface area contributed by atoms with Crippen molar-refractivity contribution in [1.29, 1.82) is 0 Å². The molecule has 104 valence electrons. The molecule has 1 heterocycles. The van der Waals surface area contributed by atoms with Crippen LogP contribution in [-0.2, 0) is 6.54 Å². The first-order valence-corrected chi connectivity index (χ1v) is 7.45. The second-order valence-corrected chi connectivity index (χ2v) is 5.37. The van der Waals surface area contributed by atoms with Crippen LogP contribution in [0.3, 0.4) is 0 Å². The number of aliphatic hydroxyl groups excluding tert-OH is 1. The van der Waals surface area contributed by atoms with E-state index < -0.39 is 0 Å². The molecule has 0 aliphatic rings. The molecule has 0 radical (unpaired) electrons. The molecule has 1 aromatic heterocycles. The Morgan fingerprint density at radius 3 is 2.50 bits per heavy atom. The van der Waals surface area contributed by atoms with Gasteiger partial charge in [-0.3, -0.25) is 0 Å². The fourth-order valence-corrected chi connectivity index (χ4v) is 2.98. The summed E-state index contributed by atoms with van der Waals surface area (Å²) < 4.78 is 2.38. The van der Waals surface area contributed by atoms with Gasteiger partial charge < -0.3 is 9.67 Å². The lowest BCUT2D eigenvalue weighted by atomic mass is 10.0. The number of fused-ring (bicyclic) bond motifs is 3. The number of hydrogen-bond donors (Lipinski definition) is 1. The van der Waals surface area contributed by atoms with Crippen LogP contribution in [-0.4, -0.2) is 9.67 Å². The fraction of sp³-hybridized carbons (Fsp3) is 0.333. The van der Waals surface area contributed by atoms with Crippen molar-refractivity contribution in [2.24, 2.45) is 0 Å². The van der Waals surface area contributed by atoms with Gasteiger partial charge in [0, 0.05) is 28.4 Å². The zero-order chi connectivity index (χ0) is 14.1. The highest BCUT2D eigenvalue weighted by molar-refractivity contribution is 6.08. The third-order valence-electron chi connectivity index (χ3n) is 4.02. The Kier molecular flexibility index (Phi) is 3.49. The highest BCUT2D eigenvalue weighted by Crippen LogP contribution is 2.31. The second kappa shape index (κ2) is 5.29. The van der Waals surface area contributed by atoms with Crippen LogP contribution in [0.1, 0.15) is 38.4 Å². The van der Waals surface area contributed by atoms with Crippen molar-refractivity contribution in [3.05, 3.63) is 48.0 Å². The Bertz CT molecular complexity index is 742. The van der Waals surface area contributed by atoms with Gasteiger partial charge in [-0.2, -0.15) is 0 Å². The van der Waals surface area contributed by atoms with Crippen molar-refractivity contribution in [2.45, 2.75) is 39.3 Å². The highest BCUT2D eigenvalue weighted by Gasteiger charge is 2.12. The van der Waals surface area contributed by atoms with Gasteiger partial charge in [0.1, 0.15) is 0 Å². The maximum atomic E-state index is 10.1. The van der Waals surface area contributed by atoms with Crippen molar-refractivity contribution >= 4 is 21.8 Å². The predicted octanol–water partition coefficient (Wildman–Crippen LogP) is 4.65. The van der Waals surface area contributed by atoms with Gasteiger partial charge in [0.2, 0.25) is 0 Å². The van der Waals surface area contributed by atoms with Gasteiger partial charge in [0.15, 0.2) is 0 Å². The van der Waals surface area contributed by atoms with Crippen molar-refractivity contribution in [2.75, 3.05) is 0 Å². The minimum Gasteiger partial charge on any atom is -0.388 e. The Morgan fingerprint density at radius 2 is 1.75 bits per heavy atom. The lowest BCUT2D eigenvalue weighted by molar-refractivity contribution is 0.174. The van der Waals surface area contributed by atoms with Crippen LogP contribution in [0, 0.1) is 0 Å². The molecule has 0 unspecified atom stereocenters. The predicted molar refractivity (Wildman–Crippen MR) is 85.0 cm³/mol. The third kappa shape index (κ3) is 2.01. The van der Waals surface area contributed by atoms with Crippen molar-refractivity contribution < 1.29 is 5.11 Å². The molecule has 1 N–H and O–H groups in total. The summed E-state index contributed by atoms with van der Waals surface area (Å²) >= 11 is 0. The summed E-state index contributed by atoms with van der Waals surface area (Å²) in [5.41, 5.74) is 3.56. The van der Waals surface area contributed by atoms with E-state index in [9.17, 15) is 5.11 Å². The van der Waals surface area contributed by atoms with Crippen LogP contribution in [0.15, 0.2) is 42.5 Å². The first kappa shape index (κ1) is 13.2. The van der Waals surface area contributed by atoms with Gasteiger partial charge in [-0.05, 0) is 36.6 Å². The molecule has 20 heavy (non-hydrogen) atoms. The summed E-state index contributed by atoms with van der Waals surface area (Å²) in [6.07, 6.45) is 1.50. The molecule has 2 heteroatoms. The number of rotatable bonds is 4. The van der Waals surface area contributed by atoms with Crippen molar-refractivity contribution in [3.8, 4) is 0 Å². The highest BCUT2D eigenvalue weighted by atomic mass is 16.3. The number of aryl methyl sites for hydroxylation is 1. The third-order valence-corrected chi connectivity index (χ3v) is 4.02. The van der Waals surface area contributed by atoms with Gasteiger partial charge in [0.25, 0.3) is 0 Å². The molecular weight excluding hydrogens is 246 g/mol. The maximum absolute atomic E-state index is 10.1. The van der Waals surface area contributed by atoms with E-state index in [1.54, 1.807) is 0 Å². The first-order chi connectivity index (χ1) is 9.76. The number of aliphatic hydroxyl groups is 1. The molecule has 2 aromatic carbocycles. The largest absolute Gasteiger partial charge is 0.388 e. The normalized spacial score (nSPS) is 13.2. The molecule has 0 spiro atoms. The minimum absolute atomic E-state index is 0.368. The number of para-hydroxylation sites is 1. The summed E-state index contributed by atoms with van der Waals surface area (Å²) in [6, 6.07) is 14.9. The molecule has 0 amide bonds. The summed E-state index contributed by atoms with van der Waals surface area (Å²) in [5.74, 6) is 0. The number of hydrogen-bond acceptors (Lipinski definition) is 1. The summed E-state index contributed by atoms with van der Waals surface area (Å²) in [6.45, 7) is 5.24. The summed E-state index contributed by atoms with van der Waals surface area (Å²) in [7, 11) is 0. The van der Waals surface area contributed by atoms with Gasteiger partial charge in [-0.25, -0.2) is 0 Å². The molecule has 3 aromatic rings. The zero-order valence-corrected chi connectivity index (χ0v) is 12.1. The second-order valence-electron chi connectivity index (χ2n) is 5.37. The van der Waals surface area contributed by atoms with Crippen LogP contribution in [0.5, 0.6) is 0 Å². The van der Waals surface area contributed by atoms with Gasteiger partial charge in [-0.15, -0.1) is 0 Å². The maximum Gasteiger partial charge on any atom is 0.0787 e. The molecule has 0 fully saturated rings. The van der Waals surface area contributed by atoms with E-state index in [2.05, 4.69) is 54.0 Å². The van der Waals surface area contributed by atoms with Crippen LogP contribution >= 0.6 is 0 Å². The lowest BCUT2D eigenvalue weighted by Gasteiger charge is -2.09. The van der Waals surface area contributed by atoms with E-state index in [1.807, 2.05) is 6.92 Å². The summed E-state index contributed by atoms with van der Waals surface area (Å²) in [4.78, 5) is 0. The summed E-state index contributed by atoms with van der Waals surface area (Å²) in [5, 5.41) is 12.6. The molecule has 0 bridgehead atoms. The Labute approximate surface area is 119 Å². The standard InChI is InChI=1S/C18H21NO/c1-3-11-19-16-8-6-5-7-14(16)15-12-13(18(20)4-2)9-10-17(15)19/h5-10,12,18,20H,3-4,11H2,1-2H3/t18-/m1/s1. The van der Waals surface area contributed by atoms with Crippen LogP contribution in [0.4, 0.5) is 0 Å². The smallest absolute Gasteiger partial charge is 0.0787 e. The Hall–Kier alpha value is -1.80. The first-order valence-electron chi connectivity index (χ1n) is 7.45. The van der Waals surface area contributed by atoms with Gasteiger partial charge in [-0.1, -0.05) is 38.1 Å². The number of aromatic nitrogens is 1. The lowest BCUT2D eigenvalue weighted by Crippen LogP contribution is -1.97. The quantitative estimate of drug-likeness (QED) is 0.731. The molecule has 0 saturated heterocycles. The average Bonchev–Trinajstić information content (AvgIpc) is 2.81. The number of nitrogens with zero attached hydrogens (tertiary/aromatic N) is 1. The average molecular weight is 267 g/mol. The van der Waals surface area contributed by atoms with Crippen LogP contribution < -0.4 is 0 Å². The SMILES string of the molecule is CCCn1c2ccccc2c2cc([C@H](O)CC)ccc21. The van der Waals surface area contributed by atoms with Crippen LogP contribution in [0.2, 0.25) is 0 Å². The van der Waals surface area contributed by atoms with Crippen LogP contribution in [0.25, 0.3) is 21.8 Å². The molecule has 0 aliphatic heterocycles. The minimum atomic E-state index is -0.368. The van der Waals surface area contributed by atoms with E-state index in [0.717, 1.165) is 24.9 Å². The Morgan fingerprint density at radius 1 is 1.00 bits per heavy atom. The van der Waals surface area contributed by atoms with Crippen molar-refractivity contribution in [1.82, 2.24) is 4.57 Å². The molecule has 0 aliphatic carbocycles. The van der Waals surface area contributed by atoms with E-state index in [4.69, 9.17) is 0 Å². The zero-order valence-electron chi connectivity index (χ0n) is 12.1. The Balaban J connectivity index is 2.31. The molecule has 0 saturated carbocycles. The van der Waals surface area contributed by atoms with E-state index >= 15 is 0 Å². The molecule has 3 rings (SSSR count). The van der Waals surface area contributed by atoms with E-state index in [0.29, 0.717) is 0 Å². The van der Waals surface area contributed by atoms with Gasteiger partial charge in [0.05, 0.1) is 6.10 Å². The number of benzene rings is 2. The van der Waals surface area contributed by atoms with E-state index in [1.165, 1.54) is 21.8 Å². The fourth-order valence-electron chi connectivity index (χ4n) is 2.98. The molecular formula is C18H21NO. The van der Waals surface area contributed by atoms with Crippen molar-refractivity contribution in [3.63, 3.8) is 0 Å². The molecule has 1 atom stereocenters. The van der Waals surface area contributed by atoms with E-state index in [-0.39, 0.29) is 6.10 Å². The topological polar surface area (TPSA) is 25.2 Å². The molecule has 2 nitrogen and oxygen atoms in total. The van der Waals surface area contributed by atoms with Gasteiger partial charge >= 0.3 is 0 Å².